The third-order valence-corrected chi connectivity index (χ3v) is 1.24. The van der Waals surface area contributed by atoms with Gasteiger partial charge in [0.1, 0.15) is 6.10 Å². The number of carboxylic acids is 3. The van der Waals surface area contributed by atoms with Crippen LogP contribution in [0.3, 0.4) is 0 Å². The van der Waals surface area contributed by atoms with E-state index in [0.29, 0.717) is 0 Å². The van der Waals surface area contributed by atoms with Gasteiger partial charge in [-0.15, -0.1) is 0 Å². The van der Waals surface area contributed by atoms with E-state index < -0.39 is 43.5 Å². The van der Waals surface area contributed by atoms with E-state index in [-0.39, 0.29) is 88.7 Å². The number of aliphatic carboxylic acids is 3. The second-order valence-corrected chi connectivity index (χ2v) is 2.38. The zero-order chi connectivity index (χ0) is 11.1. The minimum absolute atomic E-state index is 0. The van der Waals surface area contributed by atoms with Gasteiger partial charge in [-0.3, -0.25) is 0 Å². The monoisotopic (exact) mass is 272 g/mol. The molecular weight excluding hydrogens is 265 g/mol. The van der Waals surface area contributed by atoms with Crippen molar-refractivity contribution in [3.8, 4) is 0 Å². The van der Waals surface area contributed by atoms with Crippen LogP contribution in [0.5, 0.6) is 0 Å². The van der Waals surface area contributed by atoms with E-state index in [1.807, 2.05) is 0 Å². The summed E-state index contributed by atoms with van der Waals surface area (Å²) in [6.07, 6.45) is -3.09. The van der Waals surface area contributed by atoms with Gasteiger partial charge in [0.2, 0.25) is 0 Å². The smallest absolute Gasteiger partial charge is 0.550 e. The SMILES string of the molecule is O=C([O-])CCOC(CC(=O)[O-])C(=O)[O-].[Na+].[Na+].[Na+]. The van der Waals surface area contributed by atoms with Crippen LogP contribution in [0.15, 0.2) is 0 Å². The molecule has 0 aliphatic carbocycles. The van der Waals surface area contributed by atoms with Crippen LogP contribution in [-0.2, 0) is 19.1 Å². The topological polar surface area (TPSA) is 130 Å². The Hall–Kier alpha value is 1.37. The quantitative estimate of drug-likeness (QED) is 0.420. The predicted molar refractivity (Wildman–Crippen MR) is 34.0 cm³/mol. The molecule has 0 aromatic carbocycles. The van der Waals surface area contributed by atoms with E-state index in [2.05, 4.69) is 4.74 Å². The van der Waals surface area contributed by atoms with Crippen molar-refractivity contribution < 1.29 is 123 Å². The first-order chi connectivity index (χ1) is 6.43. The molecule has 80 valence electrons. The number of ether oxygens (including phenoxy) is 1. The number of hydrogen-bond acceptors (Lipinski definition) is 7. The van der Waals surface area contributed by atoms with E-state index in [1.54, 1.807) is 0 Å². The summed E-state index contributed by atoms with van der Waals surface area (Å²) in [5, 5.41) is 30.1. The minimum atomic E-state index is -1.73. The Labute approximate surface area is 164 Å². The van der Waals surface area contributed by atoms with E-state index in [9.17, 15) is 29.7 Å². The van der Waals surface area contributed by atoms with Crippen LogP contribution < -0.4 is 104 Å². The molecule has 0 saturated heterocycles. The maximum absolute atomic E-state index is 10.2. The number of carbonyl (C=O) groups excluding carboxylic acids is 3. The molecule has 0 aromatic rings. The normalized spacial score (nSPS) is 9.88. The Kier molecular flexibility index (Phi) is 24.4. The van der Waals surface area contributed by atoms with E-state index in [1.165, 1.54) is 0 Å². The zero-order valence-electron chi connectivity index (χ0n) is 10.1. The number of carboxylic acid groups (broad SMARTS) is 3. The summed E-state index contributed by atoms with van der Waals surface area (Å²) < 4.78 is 4.42. The summed E-state index contributed by atoms with van der Waals surface area (Å²) in [6.45, 7) is -0.450. The van der Waals surface area contributed by atoms with E-state index >= 15 is 0 Å². The Morgan fingerprint density at radius 3 is 1.71 bits per heavy atom. The molecule has 0 rings (SSSR count). The van der Waals surface area contributed by atoms with Gasteiger partial charge in [-0.25, -0.2) is 0 Å². The van der Waals surface area contributed by atoms with Crippen LogP contribution >= 0.6 is 0 Å². The fourth-order valence-electron chi connectivity index (χ4n) is 0.646. The summed E-state index contributed by atoms with van der Waals surface area (Å²) in [4.78, 5) is 30.1. The van der Waals surface area contributed by atoms with E-state index in [4.69, 9.17) is 0 Å². The molecule has 17 heavy (non-hydrogen) atoms. The molecule has 0 saturated carbocycles. The van der Waals surface area contributed by atoms with E-state index in [0.717, 1.165) is 0 Å². The minimum Gasteiger partial charge on any atom is -0.550 e. The molecule has 0 aliphatic heterocycles. The van der Waals surface area contributed by atoms with Crippen LogP contribution in [0.2, 0.25) is 0 Å². The van der Waals surface area contributed by atoms with Gasteiger partial charge in [0.15, 0.2) is 0 Å². The van der Waals surface area contributed by atoms with Crippen molar-refractivity contribution in [3.63, 3.8) is 0 Å². The Morgan fingerprint density at radius 1 is 0.941 bits per heavy atom. The third kappa shape index (κ3) is 17.4. The van der Waals surface area contributed by atoms with Gasteiger partial charge in [-0.05, 0) is 0 Å². The number of hydrogen-bond donors (Lipinski definition) is 0. The summed E-state index contributed by atoms with van der Waals surface area (Å²) in [6, 6.07) is 0. The maximum Gasteiger partial charge on any atom is 1.00 e. The van der Waals surface area contributed by atoms with Gasteiger partial charge in [0.25, 0.3) is 0 Å². The molecule has 1 atom stereocenters. The van der Waals surface area contributed by atoms with Crippen LogP contribution in [-0.4, -0.2) is 30.6 Å². The van der Waals surface area contributed by atoms with Crippen LogP contribution in [0.4, 0.5) is 0 Å². The largest absolute Gasteiger partial charge is 1.00 e. The molecule has 0 bridgehead atoms. The molecule has 7 nitrogen and oxygen atoms in total. The average molecular weight is 272 g/mol. The molecule has 0 spiro atoms. The Balaban J connectivity index is -0.000000282. The van der Waals surface area contributed by atoms with Gasteiger partial charge in [-0.1, -0.05) is 0 Å². The third-order valence-electron chi connectivity index (χ3n) is 1.24. The molecule has 0 aliphatic rings. The van der Waals surface area contributed by atoms with Crippen molar-refractivity contribution in [2.24, 2.45) is 0 Å². The molecule has 1 unspecified atom stereocenters. The number of rotatable bonds is 7. The Bertz CT molecular complexity index is 246. The summed E-state index contributed by atoms with van der Waals surface area (Å²) >= 11 is 0. The van der Waals surface area contributed by atoms with Crippen molar-refractivity contribution in [1.29, 1.82) is 0 Å². The first kappa shape index (κ1) is 26.8. The van der Waals surface area contributed by atoms with Crippen molar-refractivity contribution in [2.75, 3.05) is 6.61 Å². The number of carbonyl (C=O) groups is 3. The van der Waals surface area contributed by atoms with Crippen LogP contribution in [0.1, 0.15) is 12.8 Å². The molecule has 0 amide bonds. The van der Waals surface area contributed by atoms with Crippen molar-refractivity contribution in [1.82, 2.24) is 0 Å². The van der Waals surface area contributed by atoms with Crippen molar-refractivity contribution >= 4 is 17.9 Å². The molecule has 0 heterocycles. The maximum atomic E-state index is 10.2. The van der Waals surface area contributed by atoms with Crippen molar-refractivity contribution in [2.45, 2.75) is 18.9 Å². The fraction of sp³-hybridized carbons (Fsp3) is 0.571. The van der Waals surface area contributed by atoms with Gasteiger partial charge < -0.3 is 34.4 Å². The second-order valence-electron chi connectivity index (χ2n) is 2.38. The van der Waals surface area contributed by atoms with Crippen LogP contribution in [0.25, 0.3) is 0 Å². The first-order valence-corrected chi connectivity index (χ1v) is 3.65. The summed E-state index contributed by atoms with van der Waals surface area (Å²) in [5.74, 6) is -4.77. The standard InChI is InChI=1S/C7H10O7.3Na/c8-5(9)1-2-14-4(7(12)13)3-6(10)11;;;/h4H,1-3H2,(H,8,9)(H,10,11)(H,12,13);;;/q;3*+1/p-3. The van der Waals surface area contributed by atoms with Gasteiger partial charge >= 0.3 is 88.7 Å². The average Bonchev–Trinajstić information content (AvgIpc) is 2.00. The van der Waals surface area contributed by atoms with Gasteiger partial charge in [0, 0.05) is 24.8 Å². The molecule has 0 radical (unpaired) electrons. The van der Waals surface area contributed by atoms with Gasteiger partial charge in [-0.2, -0.15) is 0 Å². The second kappa shape index (κ2) is 15.4. The first-order valence-electron chi connectivity index (χ1n) is 3.65. The molecule has 0 N–H and O–H groups in total. The Morgan fingerprint density at radius 2 is 1.41 bits per heavy atom. The zero-order valence-corrected chi connectivity index (χ0v) is 16.1. The summed E-state index contributed by atoms with van der Waals surface area (Å²) in [7, 11) is 0. The van der Waals surface area contributed by atoms with Crippen molar-refractivity contribution in [3.05, 3.63) is 0 Å². The molecule has 0 aromatic heterocycles. The van der Waals surface area contributed by atoms with Crippen LogP contribution in [0, 0.1) is 0 Å². The molecular formula is C7H7Na3O7. The van der Waals surface area contributed by atoms with Gasteiger partial charge in [0.05, 0.1) is 12.6 Å². The summed E-state index contributed by atoms with van der Waals surface area (Å²) in [5.41, 5.74) is 0. The fourth-order valence-corrected chi connectivity index (χ4v) is 0.646. The predicted octanol–water partition coefficient (Wildman–Crippen LogP) is -13.6. The molecule has 0 fully saturated rings. The molecule has 10 heteroatoms.